The van der Waals surface area contributed by atoms with Crippen molar-refractivity contribution in [3.05, 3.63) is 36.9 Å². The maximum absolute atomic E-state index is 3.48. The first kappa shape index (κ1) is 7.07. The van der Waals surface area contributed by atoms with Crippen LogP contribution in [0.15, 0.2) is 36.9 Å². The molecule has 0 saturated heterocycles. The van der Waals surface area contributed by atoms with Crippen molar-refractivity contribution in [1.82, 2.24) is 0 Å². The average Bonchev–Trinajstić information content (AvgIpc) is 2.60. The zero-order valence-electron chi connectivity index (χ0n) is 6.30. The number of benzene rings is 1. The van der Waals surface area contributed by atoms with Crippen LogP contribution < -0.4 is 0 Å². The molecule has 52 valence electrons. The highest BCUT2D eigenvalue weighted by Gasteiger charge is 2.06. The van der Waals surface area contributed by atoms with Gasteiger partial charge in [-0.2, -0.15) is 0 Å². The second kappa shape index (κ2) is 3.21. The maximum Gasteiger partial charge on any atom is -0.0178 e. The molecule has 0 heteroatoms. The summed E-state index contributed by atoms with van der Waals surface area (Å²) in [7, 11) is 0. The van der Waals surface area contributed by atoms with Crippen LogP contribution in [0, 0.1) is 0 Å². The van der Waals surface area contributed by atoms with Crippen molar-refractivity contribution in [3.8, 4) is 11.1 Å². The summed E-state index contributed by atoms with van der Waals surface area (Å²) in [6.45, 7) is 5.54. The van der Waals surface area contributed by atoms with Gasteiger partial charge in [0.05, 0.1) is 0 Å². The number of allylic oxidation sites excluding steroid dienone is 1. The third kappa shape index (κ3) is 1.73. The normalized spacial score (nSPS) is 9.30. The Morgan fingerprint density at radius 2 is 1.90 bits per heavy atom. The highest BCUT2D eigenvalue weighted by molar-refractivity contribution is 5.80. The van der Waals surface area contributed by atoms with Gasteiger partial charge in [-0.05, 0) is 23.6 Å². The van der Waals surface area contributed by atoms with Gasteiger partial charge in [-0.25, -0.2) is 0 Å². The summed E-state index contributed by atoms with van der Waals surface area (Å²) in [4.78, 5) is 0. The lowest BCUT2D eigenvalue weighted by Gasteiger charge is -1.57. The van der Waals surface area contributed by atoms with E-state index >= 15 is 0 Å². The summed E-state index contributed by atoms with van der Waals surface area (Å²) in [6, 6.07) is 8.48. The molecule has 0 N–H and O–H groups in total. The molecule has 2 rings (SSSR count). The molecule has 0 aromatic carbocycles. The highest BCUT2D eigenvalue weighted by atomic mass is 14.1. The Hall–Kier alpha value is -1.04. The molecule has 2 aliphatic rings. The van der Waals surface area contributed by atoms with Crippen molar-refractivity contribution < 1.29 is 0 Å². The standard InChI is InChI=1S/C6H4.C4H8/c1-2-5-4-6(5)3-1;1-3-4-2/h1-4H;3H,1,4H2,2H3. The van der Waals surface area contributed by atoms with Gasteiger partial charge in [0.15, 0.2) is 0 Å². The van der Waals surface area contributed by atoms with Gasteiger partial charge in [0, 0.05) is 0 Å². The fourth-order valence-electron chi connectivity index (χ4n) is 0.676. The van der Waals surface area contributed by atoms with Crippen molar-refractivity contribution in [2.24, 2.45) is 0 Å². The van der Waals surface area contributed by atoms with E-state index in [9.17, 15) is 0 Å². The van der Waals surface area contributed by atoms with Crippen LogP contribution in [0.3, 0.4) is 0 Å². The van der Waals surface area contributed by atoms with E-state index in [-0.39, 0.29) is 0 Å². The second-order valence-electron chi connectivity index (χ2n) is 2.28. The van der Waals surface area contributed by atoms with Gasteiger partial charge < -0.3 is 0 Å². The predicted octanol–water partition coefficient (Wildman–Crippen LogP) is 3.25. The van der Waals surface area contributed by atoms with Gasteiger partial charge in [0.2, 0.25) is 0 Å². The van der Waals surface area contributed by atoms with E-state index in [0.29, 0.717) is 0 Å². The molecule has 0 bridgehead atoms. The van der Waals surface area contributed by atoms with E-state index in [0.717, 1.165) is 6.42 Å². The summed E-state index contributed by atoms with van der Waals surface area (Å²) in [5.74, 6) is 0. The fourth-order valence-corrected chi connectivity index (χ4v) is 0.676. The van der Waals surface area contributed by atoms with Crippen LogP contribution in [-0.2, 0) is 0 Å². The van der Waals surface area contributed by atoms with E-state index in [1.54, 1.807) is 0 Å². The van der Waals surface area contributed by atoms with Crippen LogP contribution in [0.2, 0.25) is 0 Å². The van der Waals surface area contributed by atoms with E-state index in [1.165, 1.54) is 11.1 Å². The van der Waals surface area contributed by atoms with Crippen LogP contribution >= 0.6 is 0 Å². The zero-order chi connectivity index (χ0) is 7.40. The van der Waals surface area contributed by atoms with Crippen molar-refractivity contribution in [1.29, 1.82) is 0 Å². The number of hydrogen-bond donors (Lipinski definition) is 0. The van der Waals surface area contributed by atoms with Crippen LogP contribution in [0.4, 0.5) is 0 Å². The number of rotatable bonds is 1. The third-order valence-electron chi connectivity index (χ3n) is 1.40. The van der Waals surface area contributed by atoms with Crippen LogP contribution in [0.1, 0.15) is 13.3 Å². The number of fused-ring (bicyclic) bond motifs is 1. The van der Waals surface area contributed by atoms with Gasteiger partial charge in [-0.1, -0.05) is 31.2 Å². The lowest BCUT2D eigenvalue weighted by Crippen LogP contribution is -1.36. The quantitative estimate of drug-likeness (QED) is 0.522. The Kier molecular flexibility index (Phi) is 2.27. The summed E-state index contributed by atoms with van der Waals surface area (Å²) >= 11 is 0. The molecule has 0 spiro atoms. The molecule has 0 aliphatic heterocycles. The summed E-state index contributed by atoms with van der Waals surface area (Å²) < 4.78 is 0. The fraction of sp³-hybridized carbons (Fsp3) is 0.200. The maximum atomic E-state index is 3.48. The molecule has 0 aromatic rings. The predicted molar refractivity (Wildman–Crippen MR) is 45.9 cm³/mol. The smallest absolute Gasteiger partial charge is 0.0178 e. The Bertz CT molecular complexity index is 206. The molecular weight excluding hydrogens is 120 g/mol. The molecule has 0 heterocycles. The lowest BCUT2D eigenvalue weighted by atomic mass is 10.5. The first-order chi connectivity index (χ1) is 4.88. The monoisotopic (exact) mass is 132 g/mol. The molecule has 0 radical (unpaired) electrons. The minimum absolute atomic E-state index is 1.08. The molecule has 10 heavy (non-hydrogen) atoms. The summed E-state index contributed by atoms with van der Waals surface area (Å²) in [5, 5.41) is 0. The highest BCUT2D eigenvalue weighted by Crippen LogP contribution is 2.32. The van der Waals surface area contributed by atoms with E-state index < -0.39 is 0 Å². The Morgan fingerprint density at radius 1 is 1.40 bits per heavy atom. The molecular formula is C10H12. The lowest BCUT2D eigenvalue weighted by molar-refractivity contribution is 1.23. The molecule has 0 fully saturated rings. The van der Waals surface area contributed by atoms with E-state index in [2.05, 4.69) is 37.8 Å². The van der Waals surface area contributed by atoms with Crippen molar-refractivity contribution in [2.45, 2.75) is 13.3 Å². The SMILES string of the molecule is C=CCC.c1cc2cc-2c1. The van der Waals surface area contributed by atoms with E-state index in [4.69, 9.17) is 0 Å². The molecule has 0 atom stereocenters. The third-order valence-corrected chi connectivity index (χ3v) is 1.40. The van der Waals surface area contributed by atoms with Gasteiger partial charge in [-0.15, -0.1) is 6.58 Å². The number of hydrogen-bond acceptors (Lipinski definition) is 0. The van der Waals surface area contributed by atoms with E-state index in [1.807, 2.05) is 6.08 Å². The topological polar surface area (TPSA) is 0 Å². The Balaban J connectivity index is 0.000000112. The minimum Gasteiger partial charge on any atom is -0.103 e. The summed E-state index contributed by atoms with van der Waals surface area (Å²) in [5.41, 5.74) is 2.85. The molecule has 0 amide bonds. The van der Waals surface area contributed by atoms with Crippen molar-refractivity contribution >= 4 is 0 Å². The largest absolute Gasteiger partial charge is 0.103 e. The molecule has 0 saturated carbocycles. The molecule has 0 unspecified atom stereocenters. The molecule has 0 aromatic heterocycles. The molecule has 0 nitrogen and oxygen atoms in total. The van der Waals surface area contributed by atoms with Gasteiger partial charge in [0.1, 0.15) is 0 Å². The van der Waals surface area contributed by atoms with Crippen LogP contribution in [-0.4, -0.2) is 0 Å². The van der Waals surface area contributed by atoms with Gasteiger partial charge in [0.25, 0.3) is 0 Å². The summed E-state index contributed by atoms with van der Waals surface area (Å²) in [6.07, 6.45) is 2.96. The Labute approximate surface area is 62.2 Å². The first-order valence-corrected chi connectivity index (χ1v) is 3.59. The van der Waals surface area contributed by atoms with Crippen LogP contribution in [0.25, 0.3) is 11.1 Å². The van der Waals surface area contributed by atoms with Crippen molar-refractivity contribution in [3.63, 3.8) is 0 Å². The Morgan fingerprint density at radius 3 is 2.00 bits per heavy atom. The molecule has 2 aliphatic carbocycles. The van der Waals surface area contributed by atoms with Crippen LogP contribution in [0.5, 0.6) is 0 Å². The first-order valence-electron chi connectivity index (χ1n) is 3.59. The second-order valence-corrected chi connectivity index (χ2v) is 2.28. The average molecular weight is 132 g/mol. The van der Waals surface area contributed by atoms with Crippen molar-refractivity contribution in [2.75, 3.05) is 0 Å². The zero-order valence-corrected chi connectivity index (χ0v) is 6.30. The van der Waals surface area contributed by atoms with Gasteiger partial charge >= 0.3 is 0 Å². The minimum atomic E-state index is 1.08. The van der Waals surface area contributed by atoms with Gasteiger partial charge in [-0.3, -0.25) is 0 Å².